The van der Waals surface area contributed by atoms with Crippen molar-refractivity contribution in [2.24, 2.45) is 0 Å². The van der Waals surface area contributed by atoms with Crippen LogP contribution in [0.2, 0.25) is 0 Å². The molecule has 0 atom stereocenters. The van der Waals surface area contributed by atoms with E-state index in [1.54, 1.807) is 0 Å². The van der Waals surface area contributed by atoms with Crippen LogP contribution in [0.4, 0.5) is 68.2 Å². The number of hydrogen-bond donors (Lipinski definition) is 0. The van der Waals surface area contributed by atoms with Crippen LogP contribution in [0, 0.1) is 0 Å². The molecule has 0 N–H and O–H groups in total. The third-order valence-electron chi connectivity index (χ3n) is 15.0. The van der Waals surface area contributed by atoms with E-state index in [0.717, 1.165) is 45.5 Å². The summed E-state index contributed by atoms with van der Waals surface area (Å²) in [5.74, 6) is 0. The van der Waals surface area contributed by atoms with Crippen molar-refractivity contribution >= 4 is 129 Å². The monoisotopic (exact) mass is 917 g/mol. The first-order valence-electron chi connectivity index (χ1n) is 24.8. The standard InChI is InChI=1S/C66H44BN5/c1-7-22-45(23-8-1)68(46-24-9-2-10-25-46)51-38-40-57-53(42-51)54-44-62-65(63-55-43-52(39-41-58(55)72(57)66(54)63)69(47-26-11-3-12-27-47)48-28-13-4-14-29-48)67-56-34-19-20-35-59(56)70(49-30-15-5-16-31-49)60-36-21-37-61(64(60)67)71(62)50-32-17-6-18-33-50/h1-44H. The van der Waals surface area contributed by atoms with Crippen LogP contribution in [0.3, 0.4) is 0 Å². The second-order valence-electron chi connectivity index (χ2n) is 18.9. The molecule has 0 fully saturated rings. The second kappa shape index (κ2) is 16.0. The number of hydrogen-bond acceptors (Lipinski definition) is 4. The molecule has 0 spiro atoms. The molecule has 0 saturated carbocycles. The van der Waals surface area contributed by atoms with Gasteiger partial charge in [-0.1, -0.05) is 133 Å². The van der Waals surface area contributed by atoms with E-state index in [2.05, 4.69) is 291 Å². The lowest BCUT2D eigenvalue weighted by Gasteiger charge is -2.44. The second-order valence-corrected chi connectivity index (χ2v) is 18.9. The predicted molar refractivity (Wildman–Crippen MR) is 304 cm³/mol. The van der Waals surface area contributed by atoms with Crippen molar-refractivity contribution in [3.8, 4) is 0 Å². The van der Waals surface area contributed by atoms with Crippen LogP contribution in [0.1, 0.15) is 0 Å². The number of anilines is 12. The van der Waals surface area contributed by atoms with Crippen LogP contribution in [-0.2, 0) is 0 Å². The van der Waals surface area contributed by atoms with Gasteiger partial charge in [0.1, 0.15) is 0 Å². The van der Waals surface area contributed by atoms with Crippen LogP contribution in [-0.4, -0.2) is 11.1 Å². The Hall–Kier alpha value is -9.52. The maximum absolute atomic E-state index is 2.56. The van der Waals surface area contributed by atoms with Gasteiger partial charge in [0.05, 0.1) is 16.6 Å². The Morgan fingerprint density at radius 3 is 1.22 bits per heavy atom. The highest BCUT2D eigenvalue weighted by atomic mass is 15.2. The Morgan fingerprint density at radius 1 is 0.292 bits per heavy atom. The Kier molecular flexibility index (Phi) is 8.99. The Balaban J connectivity index is 1.09. The topological polar surface area (TPSA) is 17.4 Å². The molecule has 0 unspecified atom stereocenters. The smallest absolute Gasteiger partial charge is 0.253 e. The molecule has 0 bridgehead atoms. The van der Waals surface area contributed by atoms with Gasteiger partial charge in [0, 0.05) is 89.8 Å². The number of fused-ring (bicyclic) bond motifs is 11. The third-order valence-corrected chi connectivity index (χ3v) is 15.0. The lowest BCUT2D eigenvalue weighted by atomic mass is 9.33. The van der Waals surface area contributed by atoms with Gasteiger partial charge in [-0.15, -0.1) is 0 Å². The number of aromatic nitrogens is 1. The van der Waals surface area contributed by atoms with Crippen LogP contribution in [0.25, 0.3) is 38.1 Å². The zero-order chi connectivity index (χ0) is 47.3. The van der Waals surface area contributed by atoms with Crippen molar-refractivity contribution in [1.82, 2.24) is 4.40 Å². The molecule has 11 aromatic carbocycles. The molecule has 0 saturated heterocycles. The average molecular weight is 918 g/mol. The SMILES string of the molecule is c1ccc(N(c2ccccc2)c2ccc3c(c2)c2cc4c(c5c6cc(N(c7ccccc7)c7ccccc7)ccc6n3c25)B2c3ccccc3N(c3ccccc3)c3cccc(c32)N4c2ccccc2)cc1. The van der Waals surface area contributed by atoms with Crippen LogP contribution >= 0.6 is 0 Å². The molecule has 72 heavy (non-hydrogen) atoms. The zero-order valence-electron chi connectivity index (χ0n) is 39.2. The van der Waals surface area contributed by atoms with Gasteiger partial charge < -0.3 is 24.0 Å². The van der Waals surface area contributed by atoms with Crippen molar-refractivity contribution in [3.05, 3.63) is 267 Å². The maximum atomic E-state index is 2.56. The van der Waals surface area contributed by atoms with Crippen LogP contribution < -0.4 is 36.0 Å². The minimum atomic E-state index is -0.0793. The van der Waals surface area contributed by atoms with E-state index in [0.29, 0.717) is 0 Å². The molecule has 0 radical (unpaired) electrons. The summed E-state index contributed by atoms with van der Waals surface area (Å²) < 4.78 is 2.56. The summed E-state index contributed by atoms with van der Waals surface area (Å²) in [5.41, 5.74) is 21.2. The van der Waals surface area contributed by atoms with E-state index in [1.165, 1.54) is 77.2 Å². The van der Waals surface area contributed by atoms with Gasteiger partial charge in [0.25, 0.3) is 6.71 Å². The summed E-state index contributed by atoms with van der Waals surface area (Å²) >= 11 is 0. The minimum Gasteiger partial charge on any atom is -0.311 e. The molecule has 4 heterocycles. The largest absolute Gasteiger partial charge is 0.311 e. The van der Waals surface area contributed by atoms with Gasteiger partial charge in [-0.2, -0.15) is 0 Å². The summed E-state index contributed by atoms with van der Waals surface area (Å²) in [5, 5.41) is 4.92. The van der Waals surface area contributed by atoms with E-state index in [4.69, 9.17) is 0 Å². The minimum absolute atomic E-state index is 0.0793. The predicted octanol–water partition coefficient (Wildman–Crippen LogP) is 15.9. The molecule has 0 aliphatic carbocycles. The lowest BCUT2D eigenvalue weighted by Crippen LogP contribution is -2.61. The Labute approximate surface area is 418 Å². The summed E-state index contributed by atoms with van der Waals surface area (Å²) in [6, 6.07) is 97.6. The summed E-state index contributed by atoms with van der Waals surface area (Å²) in [6.07, 6.45) is 0. The van der Waals surface area contributed by atoms with Gasteiger partial charge in [0.2, 0.25) is 0 Å². The number of rotatable bonds is 8. The van der Waals surface area contributed by atoms with Gasteiger partial charge in [-0.3, -0.25) is 0 Å². The molecule has 336 valence electrons. The molecule has 13 aromatic rings. The molecule has 15 rings (SSSR count). The van der Waals surface area contributed by atoms with E-state index >= 15 is 0 Å². The number of para-hydroxylation sites is 7. The van der Waals surface area contributed by atoms with Crippen LogP contribution in [0.15, 0.2) is 267 Å². The molecule has 6 heteroatoms. The number of benzene rings is 11. The van der Waals surface area contributed by atoms with Crippen molar-refractivity contribution in [3.63, 3.8) is 0 Å². The van der Waals surface area contributed by atoms with Crippen molar-refractivity contribution in [2.45, 2.75) is 0 Å². The summed E-state index contributed by atoms with van der Waals surface area (Å²) in [6.45, 7) is -0.0793. The third kappa shape index (κ3) is 5.96. The molecule has 2 aliphatic rings. The van der Waals surface area contributed by atoms with E-state index < -0.39 is 0 Å². The first-order chi connectivity index (χ1) is 35.8. The first kappa shape index (κ1) is 40.4. The average Bonchev–Trinajstić information content (AvgIpc) is 3.96. The van der Waals surface area contributed by atoms with E-state index in [1.807, 2.05) is 0 Å². The molecular formula is C66H44BN5. The van der Waals surface area contributed by atoms with Gasteiger partial charge in [-0.25, -0.2) is 0 Å². The van der Waals surface area contributed by atoms with Gasteiger partial charge >= 0.3 is 0 Å². The fraction of sp³-hybridized carbons (Fsp3) is 0. The van der Waals surface area contributed by atoms with Gasteiger partial charge in [-0.05, 0) is 150 Å². The fourth-order valence-corrected chi connectivity index (χ4v) is 12.2. The highest BCUT2D eigenvalue weighted by molar-refractivity contribution is 7.02. The molecule has 5 nitrogen and oxygen atoms in total. The van der Waals surface area contributed by atoms with Crippen LogP contribution in [0.5, 0.6) is 0 Å². The molecule has 2 aliphatic heterocycles. The molecular weight excluding hydrogens is 874 g/mol. The van der Waals surface area contributed by atoms with Crippen molar-refractivity contribution in [2.75, 3.05) is 19.6 Å². The van der Waals surface area contributed by atoms with E-state index in [-0.39, 0.29) is 6.71 Å². The lowest BCUT2D eigenvalue weighted by molar-refractivity contribution is 1.26. The molecule has 0 amide bonds. The molecule has 2 aromatic heterocycles. The maximum Gasteiger partial charge on any atom is 0.253 e. The summed E-state index contributed by atoms with van der Waals surface area (Å²) in [7, 11) is 0. The number of nitrogens with zero attached hydrogens (tertiary/aromatic N) is 5. The van der Waals surface area contributed by atoms with Crippen molar-refractivity contribution < 1.29 is 0 Å². The zero-order valence-corrected chi connectivity index (χ0v) is 39.2. The quantitative estimate of drug-likeness (QED) is 0.141. The van der Waals surface area contributed by atoms with E-state index in [9.17, 15) is 0 Å². The fourth-order valence-electron chi connectivity index (χ4n) is 12.2. The van der Waals surface area contributed by atoms with Crippen molar-refractivity contribution in [1.29, 1.82) is 0 Å². The summed E-state index contributed by atoms with van der Waals surface area (Å²) in [4.78, 5) is 9.79. The normalized spacial score (nSPS) is 12.6. The highest BCUT2D eigenvalue weighted by Gasteiger charge is 2.45. The first-order valence-corrected chi connectivity index (χ1v) is 24.8. The van der Waals surface area contributed by atoms with Gasteiger partial charge in [0.15, 0.2) is 0 Å². The Morgan fingerprint density at radius 2 is 0.708 bits per heavy atom. The highest BCUT2D eigenvalue weighted by Crippen LogP contribution is 2.50. The Bertz CT molecular complexity index is 4090.